The topological polar surface area (TPSA) is 81.9 Å². The van der Waals surface area contributed by atoms with Crippen LogP contribution in [-0.4, -0.2) is 53.2 Å². The van der Waals surface area contributed by atoms with Crippen LogP contribution in [0.25, 0.3) is 0 Å². The van der Waals surface area contributed by atoms with E-state index in [-0.39, 0.29) is 6.09 Å². The third kappa shape index (κ3) is 6.59. The summed E-state index contributed by atoms with van der Waals surface area (Å²) in [6.07, 6.45) is 0.0467. The molecular weight excluding hydrogens is 340 g/mol. The zero-order valence-corrected chi connectivity index (χ0v) is 15.8. The summed E-state index contributed by atoms with van der Waals surface area (Å²) in [6, 6.07) is 6.32. The molecule has 1 aliphatic rings. The molecule has 0 radical (unpaired) electrons. The Bertz CT molecular complexity index is 592. The highest BCUT2D eigenvalue weighted by Gasteiger charge is 2.22. The predicted octanol–water partition coefficient (Wildman–Crippen LogP) is 2.45. The summed E-state index contributed by atoms with van der Waals surface area (Å²) < 4.78 is 10.7. The molecule has 1 aromatic carbocycles. The number of thioether (sulfide) groups is 1. The van der Waals surface area contributed by atoms with E-state index in [4.69, 9.17) is 15.2 Å². The summed E-state index contributed by atoms with van der Waals surface area (Å²) in [7, 11) is 0. The molecule has 2 rings (SSSR count). The van der Waals surface area contributed by atoms with Crippen LogP contribution in [0.1, 0.15) is 26.3 Å². The first-order chi connectivity index (χ1) is 11.7. The Morgan fingerprint density at radius 3 is 2.36 bits per heavy atom. The van der Waals surface area contributed by atoms with E-state index in [1.54, 1.807) is 29.2 Å². The van der Waals surface area contributed by atoms with Gasteiger partial charge in [-0.2, -0.15) is 11.8 Å². The average molecular weight is 366 g/mol. The van der Waals surface area contributed by atoms with Gasteiger partial charge in [-0.15, -0.1) is 0 Å². The molecule has 1 aromatic rings. The van der Waals surface area contributed by atoms with Gasteiger partial charge >= 0.3 is 12.1 Å². The van der Waals surface area contributed by atoms with Gasteiger partial charge in [-0.3, -0.25) is 4.79 Å². The Labute approximate surface area is 153 Å². The molecule has 0 saturated carbocycles. The summed E-state index contributed by atoms with van der Waals surface area (Å²) in [4.78, 5) is 25.7. The van der Waals surface area contributed by atoms with Crippen molar-refractivity contribution in [2.75, 3.05) is 24.6 Å². The Kier molecular flexibility index (Phi) is 6.72. The van der Waals surface area contributed by atoms with Crippen molar-refractivity contribution in [3.05, 3.63) is 29.8 Å². The fourth-order valence-corrected chi connectivity index (χ4v) is 3.22. The van der Waals surface area contributed by atoms with Crippen LogP contribution in [0.2, 0.25) is 0 Å². The van der Waals surface area contributed by atoms with Crippen molar-refractivity contribution >= 4 is 23.8 Å². The molecule has 0 bridgehead atoms. The van der Waals surface area contributed by atoms with E-state index >= 15 is 0 Å². The van der Waals surface area contributed by atoms with Gasteiger partial charge in [0, 0.05) is 24.6 Å². The van der Waals surface area contributed by atoms with Crippen LogP contribution in [0.4, 0.5) is 4.79 Å². The van der Waals surface area contributed by atoms with Crippen LogP contribution >= 0.6 is 11.8 Å². The minimum absolute atomic E-state index is 0.321. The number of amides is 1. The van der Waals surface area contributed by atoms with Crippen molar-refractivity contribution in [3.63, 3.8) is 0 Å². The van der Waals surface area contributed by atoms with E-state index < -0.39 is 17.6 Å². The number of benzene rings is 1. The number of esters is 1. The highest BCUT2D eigenvalue weighted by molar-refractivity contribution is 7.99. The average Bonchev–Trinajstić information content (AvgIpc) is 2.56. The quantitative estimate of drug-likeness (QED) is 0.824. The number of nitrogens with two attached hydrogens (primary N) is 1. The van der Waals surface area contributed by atoms with Crippen LogP contribution in [0.3, 0.4) is 0 Å². The van der Waals surface area contributed by atoms with E-state index in [9.17, 15) is 9.59 Å². The first-order valence-electron chi connectivity index (χ1n) is 8.36. The van der Waals surface area contributed by atoms with E-state index in [1.807, 2.05) is 32.5 Å². The van der Waals surface area contributed by atoms with Crippen molar-refractivity contribution in [1.29, 1.82) is 0 Å². The number of rotatable bonds is 4. The smallest absolute Gasteiger partial charge is 0.415 e. The number of carbonyl (C=O) groups excluding carboxylic acids is 2. The molecule has 6 nitrogen and oxygen atoms in total. The molecular formula is C18H26N2O4S. The predicted molar refractivity (Wildman–Crippen MR) is 98.9 cm³/mol. The first-order valence-corrected chi connectivity index (χ1v) is 9.52. The molecule has 0 spiro atoms. The minimum Gasteiger partial charge on any atom is -0.459 e. The molecule has 1 saturated heterocycles. The summed E-state index contributed by atoms with van der Waals surface area (Å²) in [5.74, 6) is 1.94. The molecule has 1 heterocycles. The molecule has 1 amide bonds. The van der Waals surface area contributed by atoms with Gasteiger partial charge in [0.25, 0.3) is 0 Å². The number of nitrogens with zero attached hydrogens (tertiary/aromatic N) is 1. The van der Waals surface area contributed by atoms with Gasteiger partial charge in [-0.25, -0.2) is 4.79 Å². The minimum atomic E-state index is -0.724. The van der Waals surface area contributed by atoms with Gasteiger partial charge < -0.3 is 20.1 Å². The Morgan fingerprint density at radius 1 is 1.20 bits per heavy atom. The van der Waals surface area contributed by atoms with E-state index in [2.05, 4.69) is 0 Å². The lowest BCUT2D eigenvalue weighted by atomic mass is 10.1. The van der Waals surface area contributed by atoms with E-state index in [0.717, 1.165) is 17.1 Å². The highest BCUT2D eigenvalue weighted by Crippen LogP contribution is 2.17. The lowest BCUT2D eigenvalue weighted by molar-refractivity contribution is -0.156. The lowest BCUT2D eigenvalue weighted by Crippen LogP contribution is -2.39. The van der Waals surface area contributed by atoms with Gasteiger partial charge in [0.2, 0.25) is 0 Å². The molecule has 0 aromatic heterocycles. The van der Waals surface area contributed by atoms with Crippen molar-refractivity contribution in [3.8, 4) is 5.75 Å². The van der Waals surface area contributed by atoms with E-state index in [1.165, 1.54) is 0 Å². The zero-order chi connectivity index (χ0) is 18.4. The van der Waals surface area contributed by atoms with E-state index in [0.29, 0.717) is 25.3 Å². The molecule has 7 heteroatoms. The van der Waals surface area contributed by atoms with Gasteiger partial charge in [-0.05, 0) is 44.9 Å². The molecule has 0 aliphatic carbocycles. The Hall–Kier alpha value is -1.73. The van der Waals surface area contributed by atoms with Crippen molar-refractivity contribution in [2.24, 2.45) is 5.73 Å². The molecule has 1 fully saturated rings. The zero-order valence-electron chi connectivity index (χ0n) is 15.0. The van der Waals surface area contributed by atoms with Crippen molar-refractivity contribution in [1.82, 2.24) is 4.90 Å². The number of carbonyl (C=O) groups is 2. The Balaban J connectivity index is 1.86. The summed E-state index contributed by atoms with van der Waals surface area (Å²) in [6.45, 7) is 6.85. The molecule has 1 atom stereocenters. The second-order valence-electron chi connectivity index (χ2n) is 6.96. The van der Waals surface area contributed by atoms with Crippen LogP contribution in [0.15, 0.2) is 24.3 Å². The van der Waals surface area contributed by atoms with Gasteiger partial charge in [-0.1, -0.05) is 12.1 Å². The maximum atomic E-state index is 12.1. The maximum Gasteiger partial charge on any atom is 0.415 e. The normalized spacial score (nSPS) is 16.2. The van der Waals surface area contributed by atoms with Gasteiger partial charge in [0.1, 0.15) is 17.4 Å². The summed E-state index contributed by atoms with van der Waals surface area (Å²) >= 11 is 1.84. The maximum absolute atomic E-state index is 12.1. The van der Waals surface area contributed by atoms with Crippen molar-refractivity contribution in [2.45, 2.75) is 38.8 Å². The second-order valence-corrected chi connectivity index (χ2v) is 8.18. The molecule has 0 unspecified atom stereocenters. The van der Waals surface area contributed by atoms with Gasteiger partial charge in [0.15, 0.2) is 0 Å². The third-order valence-corrected chi connectivity index (χ3v) is 4.51. The van der Waals surface area contributed by atoms with Crippen LogP contribution in [-0.2, 0) is 16.0 Å². The number of hydrogen-bond donors (Lipinski definition) is 1. The highest BCUT2D eigenvalue weighted by atomic mass is 32.2. The van der Waals surface area contributed by atoms with Gasteiger partial charge in [0.05, 0.1) is 0 Å². The third-order valence-electron chi connectivity index (χ3n) is 3.56. The molecule has 2 N–H and O–H groups in total. The molecule has 1 aliphatic heterocycles. The summed E-state index contributed by atoms with van der Waals surface area (Å²) in [5.41, 5.74) is 6.23. The number of hydrogen-bond acceptors (Lipinski definition) is 6. The van der Waals surface area contributed by atoms with Crippen LogP contribution in [0, 0.1) is 0 Å². The fourth-order valence-electron chi connectivity index (χ4n) is 2.32. The molecule has 25 heavy (non-hydrogen) atoms. The first kappa shape index (κ1) is 19.6. The van der Waals surface area contributed by atoms with Crippen molar-refractivity contribution < 1.29 is 19.1 Å². The molecule has 138 valence electrons. The Morgan fingerprint density at radius 2 is 1.80 bits per heavy atom. The second kappa shape index (κ2) is 8.58. The summed E-state index contributed by atoms with van der Waals surface area (Å²) in [5, 5.41) is 0. The van der Waals surface area contributed by atoms with Crippen LogP contribution < -0.4 is 10.5 Å². The largest absolute Gasteiger partial charge is 0.459 e. The fraction of sp³-hybridized carbons (Fsp3) is 0.556. The monoisotopic (exact) mass is 366 g/mol. The van der Waals surface area contributed by atoms with Crippen LogP contribution in [0.5, 0.6) is 5.75 Å². The standard InChI is InChI=1S/C18H26N2O4S/c1-18(2,3)24-16(21)15(19)12-13-4-6-14(7-5-13)23-17(22)20-8-10-25-11-9-20/h4-7,15H,8-12,19H2,1-3H3/t15-/m0/s1. The SMILES string of the molecule is CC(C)(C)OC(=O)[C@@H](N)Cc1ccc(OC(=O)N2CCSCC2)cc1. The number of ether oxygens (including phenoxy) is 2. The lowest BCUT2D eigenvalue weighted by Gasteiger charge is -2.25.